The molecule has 0 saturated carbocycles. The van der Waals surface area contributed by atoms with Crippen molar-refractivity contribution in [3.05, 3.63) is 28.9 Å². The van der Waals surface area contributed by atoms with Crippen LogP contribution in [0.15, 0.2) is 17.1 Å². The number of oxazole rings is 1. The fourth-order valence-corrected chi connectivity index (χ4v) is 1.85. The lowest BCUT2D eigenvalue weighted by Gasteiger charge is -1.96. The average Bonchev–Trinajstić information content (AvgIpc) is 2.74. The Bertz CT molecular complexity index is 388. The molecule has 2 aromatic rings. The molecule has 0 aliphatic carbocycles. The number of hydrogen-bond donors (Lipinski definition) is 1. The van der Waals surface area contributed by atoms with E-state index in [2.05, 4.69) is 22.2 Å². The van der Waals surface area contributed by atoms with E-state index in [-0.39, 0.29) is 0 Å². The highest BCUT2D eigenvalue weighted by atomic mass is 32.1. The second kappa shape index (κ2) is 3.79. The number of hydrogen-bond acceptors (Lipinski definition) is 5. The Hall–Kier alpha value is -1.36. The van der Waals surface area contributed by atoms with Crippen molar-refractivity contribution in [3.8, 4) is 0 Å². The van der Waals surface area contributed by atoms with Crippen LogP contribution in [-0.2, 0) is 6.54 Å². The lowest BCUT2D eigenvalue weighted by molar-refractivity contribution is 0.556. The summed E-state index contributed by atoms with van der Waals surface area (Å²) in [6.07, 6.45) is 3.05. The van der Waals surface area contributed by atoms with E-state index in [4.69, 9.17) is 4.42 Å². The van der Waals surface area contributed by atoms with Gasteiger partial charge in [-0.25, -0.2) is 9.97 Å². The van der Waals surface area contributed by atoms with Gasteiger partial charge in [-0.05, 0) is 13.8 Å². The highest BCUT2D eigenvalue weighted by Crippen LogP contribution is 2.21. The fraction of sp³-hybridized carbons (Fsp3) is 0.333. The molecular weight excluding hydrogens is 198 g/mol. The summed E-state index contributed by atoms with van der Waals surface area (Å²) >= 11 is 1.66. The summed E-state index contributed by atoms with van der Waals surface area (Å²) in [5.41, 5.74) is 1.97. The number of nitrogens with one attached hydrogen (secondary N) is 1. The third-order valence-corrected chi connectivity index (χ3v) is 2.96. The molecule has 0 aliphatic heterocycles. The van der Waals surface area contributed by atoms with Crippen molar-refractivity contribution in [2.45, 2.75) is 20.4 Å². The zero-order valence-corrected chi connectivity index (χ0v) is 8.89. The summed E-state index contributed by atoms with van der Waals surface area (Å²) in [6, 6.07) is 0. The van der Waals surface area contributed by atoms with Crippen LogP contribution in [0.2, 0.25) is 0 Å². The van der Waals surface area contributed by atoms with Gasteiger partial charge in [0.2, 0.25) is 0 Å². The second-order valence-corrected chi connectivity index (χ2v) is 4.20. The van der Waals surface area contributed by atoms with Crippen LogP contribution in [0.1, 0.15) is 16.3 Å². The first kappa shape index (κ1) is 9.21. The van der Waals surface area contributed by atoms with Crippen LogP contribution in [0.25, 0.3) is 0 Å². The molecule has 2 heterocycles. The molecule has 0 spiro atoms. The molecule has 74 valence electrons. The van der Waals surface area contributed by atoms with Gasteiger partial charge in [0.05, 0.1) is 17.9 Å². The fourth-order valence-electron chi connectivity index (χ4n) is 1.04. The largest absolute Gasteiger partial charge is 0.451 e. The van der Waals surface area contributed by atoms with Crippen molar-refractivity contribution in [2.75, 3.05) is 5.32 Å². The number of aromatic nitrogens is 2. The van der Waals surface area contributed by atoms with Gasteiger partial charge in [0, 0.05) is 4.88 Å². The van der Waals surface area contributed by atoms with Gasteiger partial charge in [0.1, 0.15) is 6.26 Å². The molecule has 0 aliphatic rings. The summed E-state index contributed by atoms with van der Waals surface area (Å²) in [5, 5.41) is 4.13. The van der Waals surface area contributed by atoms with Gasteiger partial charge in [0.15, 0.2) is 11.5 Å². The predicted molar refractivity (Wildman–Crippen MR) is 55.4 cm³/mol. The van der Waals surface area contributed by atoms with Crippen LogP contribution in [0.4, 0.5) is 5.13 Å². The van der Waals surface area contributed by atoms with Crippen molar-refractivity contribution in [1.29, 1.82) is 0 Å². The molecule has 1 N–H and O–H groups in total. The van der Waals surface area contributed by atoms with E-state index >= 15 is 0 Å². The summed E-state index contributed by atoms with van der Waals surface area (Å²) in [7, 11) is 0. The third kappa shape index (κ3) is 1.93. The van der Waals surface area contributed by atoms with Crippen LogP contribution < -0.4 is 5.32 Å². The molecule has 14 heavy (non-hydrogen) atoms. The molecule has 0 aromatic carbocycles. The van der Waals surface area contributed by atoms with E-state index in [0.29, 0.717) is 6.54 Å². The minimum absolute atomic E-state index is 0.656. The maximum absolute atomic E-state index is 4.86. The van der Waals surface area contributed by atoms with Crippen molar-refractivity contribution in [2.24, 2.45) is 0 Å². The van der Waals surface area contributed by atoms with Crippen LogP contribution >= 0.6 is 11.3 Å². The lowest BCUT2D eigenvalue weighted by Crippen LogP contribution is -1.98. The SMILES string of the molecule is Cc1nc(NCc2cocn2)sc1C. The minimum atomic E-state index is 0.656. The first-order valence-corrected chi connectivity index (χ1v) is 5.12. The molecule has 0 unspecified atom stereocenters. The standard InChI is InChI=1S/C9H11N3OS/c1-6-7(2)14-9(12-6)10-3-8-4-13-5-11-8/h4-5H,3H2,1-2H3,(H,10,12). The van der Waals surface area contributed by atoms with E-state index in [1.54, 1.807) is 17.6 Å². The number of rotatable bonds is 3. The summed E-state index contributed by atoms with van der Waals surface area (Å²) in [6.45, 7) is 4.73. The van der Waals surface area contributed by atoms with E-state index in [1.165, 1.54) is 11.3 Å². The van der Waals surface area contributed by atoms with E-state index in [9.17, 15) is 0 Å². The van der Waals surface area contributed by atoms with Crippen LogP contribution in [-0.4, -0.2) is 9.97 Å². The number of aryl methyl sites for hydroxylation is 2. The van der Waals surface area contributed by atoms with Gasteiger partial charge in [-0.2, -0.15) is 0 Å². The van der Waals surface area contributed by atoms with E-state index in [1.807, 2.05) is 6.92 Å². The monoisotopic (exact) mass is 209 g/mol. The first-order chi connectivity index (χ1) is 6.75. The Kier molecular flexibility index (Phi) is 2.49. The summed E-state index contributed by atoms with van der Waals surface area (Å²) < 4.78 is 4.86. The number of anilines is 1. The van der Waals surface area contributed by atoms with Gasteiger partial charge in [-0.3, -0.25) is 0 Å². The number of thiazole rings is 1. The zero-order chi connectivity index (χ0) is 9.97. The van der Waals surface area contributed by atoms with Crippen molar-refractivity contribution >= 4 is 16.5 Å². The van der Waals surface area contributed by atoms with Gasteiger partial charge in [0.25, 0.3) is 0 Å². The van der Waals surface area contributed by atoms with Gasteiger partial charge in [-0.15, -0.1) is 11.3 Å². The van der Waals surface area contributed by atoms with E-state index < -0.39 is 0 Å². The lowest BCUT2D eigenvalue weighted by atomic mass is 10.4. The maximum atomic E-state index is 4.86. The molecule has 0 saturated heterocycles. The second-order valence-electron chi connectivity index (χ2n) is 2.99. The first-order valence-electron chi connectivity index (χ1n) is 4.30. The minimum Gasteiger partial charge on any atom is -0.451 e. The number of nitrogens with zero attached hydrogens (tertiary/aromatic N) is 2. The Morgan fingerprint density at radius 1 is 1.50 bits per heavy atom. The van der Waals surface area contributed by atoms with E-state index in [0.717, 1.165) is 16.5 Å². The molecule has 0 bridgehead atoms. The Balaban J connectivity index is 1.98. The van der Waals surface area contributed by atoms with Crippen LogP contribution in [0, 0.1) is 13.8 Å². The zero-order valence-electron chi connectivity index (χ0n) is 8.07. The molecule has 5 heteroatoms. The predicted octanol–water partition coefficient (Wildman–Crippen LogP) is 2.36. The van der Waals surface area contributed by atoms with Crippen molar-refractivity contribution in [3.63, 3.8) is 0 Å². The Morgan fingerprint density at radius 2 is 2.36 bits per heavy atom. The van der Waals surface area contributed by atoms with Crippen molar-refractivity contribution in [1.82, 2.24) is 9.97 Å². The topological polar surface area (TPSA) is 51.0 Å². The molecule has 0 radical (unpaired) electrons. The summed E-state index contributed by atoms with van der Waals surface area (Å²) in [4.78, 5) is 9.61. The van der Waals surface area contributed by atoms with Crippen molar-refractivity contribution < 1.29 is 4.42 Å². The van der Waals surface area contributed by atoms with Crippen LogP contribution in [0.5, 0.6) is 0 Å². The quantitative estimate of drug-likeness (QED) is 0.843. The molecule has 0 fully saturated rings. The normalized spacial score (nSPS) is 10.4. The third-order valence-electron chi connectivity index (χ3n) is 1.93. The van der Waals surface area contributed by atoms with Gasteiger partial charge in [-0.1, -0.05) is 0 Å². The molecule has 2 rings (SSSR count). The van der Waals surface area contributed by atoms with Crippen LogP contribution in [0.3, 0.4) is 0 Å². The molecule has 0 amide bonds. The maximum Gasteiger partial charge on any atom is 0.183 e. The van der Waals surface area contributed by atoms with Gasteiger partial charge < -0.3 is 9.73 Å². The molecule has 0 atom stereocenters. The highest BCUT2D eigenvalue weighted by Gasteiger charge is 2.03. The summed E-state index contributed by atoms with van der Waals surface area (Å²) in [5.74, 6) is 0. The Morgan fingerprint density at radius 3 is 2.93 bits per heavy atom. The highest BCUT2D eigenvalue weighted by molar-refractivity contribution is 7.15. The molecule has 2 aromatic heterocycles. The van der Waals surface area contributed by atoms with Gasteiger partial charge >= 0.3 is 0 Å². The molecular formula is C9H11N3OS. The molecule has 4 nitrogen and oxygen atoms in total. The smallest absolute Gasteiger partial charge is 0.183 e. The Labute approximate surface area is 86.0 Å². The average molecular weight is 209 g/mol.